The number of rotatable bonds is 5. The van der Waals surface area contributed by atoms with Crippen LogP contribution in [0.4, 0.5) is 4.39 Å². The van der Waals surface area contributed by atoms with Crippen LogP contribution in [0.3, 0.4) is 0 Å². The summed E-state index contributed by atoms with van der Waals surface area (Å²) in [6, 6.07) is 15.4. The lowest BCUT2D eigenvalue weighted by atomic mass is 10.2. The van der Waals surface area contributed by atoms with E-state index in [1.165, 1.54) is 40.1 Å². The molecule has 3 heterocycles. The number of nitrogens with two attached hydrogens (primary N) is 1. The van der Waals surface area contributed by atoms with Crippen LogP contribution >= 0.6 is 11.3 Å². The summed E-state index contributed by atoms with van der Waals surface area (Å²) >= 11 is 1.17. The summed E-state index contributed by atoms with van der Waals surface area (Å²) in [5.41, 5.74) is 1.11. The summed E-state index contributed by atoms with van der Waals surface area (Å²) in [4.78, 5) is 17.5. The number of halogens is 1. The minimum Gasteiger partial charge on any atom is -0.457 e. The van der Waals surface area contributed by atoms with Crippen LogP contribution in [0.2, 0.25) is 0 Å². The van der Waals surface area contributed by atoms with Gasteiger partial charge in [-0.1, -0.05) is 29.5 Å². The third-order valence-electron chi connectivity index (χ3n) is 4.86. The van der Waals surface area contributed by atoms with E-state index in [0.717, 1.165) is 5.56 Å². The van der Waals surface area contributed by atoms with Crippen molar-refractivity contribution in [3.63, 3.8) is 0 Å². The van der Waals surface area contributed by atoms with Crippen molar-refractivity contribution in [2.24, 2.45) is 5.14 Å². The van der Waals surface area contributed by atoms with Crippen molar-refractivity contribution in [3.05, 3.63) is 98.5 Å². The SMILES string of the molecule is NS(=O)(=O)c1ccc(-c2ccc(C=c3sc4nc(C=Cc5ccc(F)cc5)nn4c3=O)o2)cc1. The summed E-state index contributed by atoms with van der Waals surface area (Å²) in [6.07, 6.45) is 4.98. The molecule has 8 nitrogen and oxygen atoms in total. The molecule has 34 heavy (non-hydrogen) atoms. The molecule has 0 aliphatic carbocycles. The van der Waals surface area contributed by atoms with Crippen molar-refractivity contribution in [3.8, 4) is 11.3 Å². The van der Waals surface area contributed by atoms with Crippen LogP contribution in [-0.4, -0.2) is 23.0 Å². The monoisotopic (exact) mass is 494 g/mol. The third-order valence-corrected chi connectivity index (χ3v) is 6.75. The van der Waals surface area contributed by atoms with Gasteiger partial charge < -0.3 is 4.42 Å². The fraction of sp³-hybridized carbons (Fsp3) is 0. The van der Waals surface area contributed by atoms with Crippen LogP contribution in [0.1, 0.15) is 17.1 Å². The fourth-order valence-corrected chi connectivity index (χ4v) is 4.60. The van der Waals surface area contributed by atoms with Gasteiger partial charge in [0.05, 0.1) is 4.90 Å². The van der Waals surface area contributed by atoms with Gasteiger partial charge in [0.1, 0.15) is 21.9 Å². The normalized spacial score (nSPS) is 12.8. The Balaban J connectivity index is 1.40. The minimum absolute atomic E-state index is 0.00639. The van der Waals surface area contributed by atoms with Gasteiger partial charge in [0, 0.05) is 11.6 Å². The van der Waals surface area contributed by atoms with Crippen LogP contribution in [0.15, 0.2) is 74.8 Å². The number of hydrogen-bond donors (Lipinski definition) is 1. The van der Waals surface area contributed by atoms with E-state index in [4.69, 9.17) is 9.56 Å². The molecule has 170 valence electrons. The quantitative estimate of drug-likeness (QED) is 0.401. The van der Waals surface area contributed by atoms with Crippen LogP contribution < -0.4 is 15.2 Å². The van der Waals surface area contributed by atoms with Gasteiger partial charge in [-0.3, -0.25) is 4.79 Å². The molecule has 0 atom stereocenters. The molecule has 0 saturated heterocycles. The molecule has 0 fully saturated rings. The first-order valence-electron chi connectivity index (χ1n) is 9.84. The third kappa shape index (κ3) is 4.44. The van der Waals surface area contributed by atoms with Gasteiger partial charge in [-0.15, -0.1) is 5.10 Å². The first-order chi connectivity index (χ1) is 16.3. The van der Waals surface area contributed by atoms with E-state index in [2.05, 4.69) is 10.1 Å². The standard InChI is InChI=1S/C23H15FN4O4S2/c24-16-6-1-14(2-7-16)3-12-21-26-23-28(27-21)22(29)20(33-23)13-17-8-11-19(32-17)15-4-9-18(10-5-15)34(25,30)31/h1-13H,(H2,25,30,31). The highest BCUT2D eigenvalue weighted by atomic mass is 32.2. The van der Waals surface area contributed by atoms with Gasteiger partial charge in [0.15, 0.2) is 5.82 Å². The van der Waals surface area contributed by atoms with Gasteiger partial charge in [-0.05, 0) is 60.2 Å². The zero-order valence-corrected chi connectivity index (χ0v) is 18.9. The number of primary sulfonamides is 1. The average Bonchev–Trinajstić information content (AvgIpc) is 3.50. The maximum atomic E-state index is 13.0. The molecule has 5 aromatic rings. The van der Waals surface area contributed by atoms with Crippen LogP contribution in [0.25, 0.3) is 34.5 Å². The van der Waals surface area contributed by atoms with Crippen LogP contribution in [-0.2, 0) is 10.0 Å². The molecule has 2 N–H and O–H groups in total. The second-order valence-corrected chi connectivity index (χ2v) is 9.81. The smallest absolute Gasteiger partial charge is 0.291 e. The molecular formula is C23H15FN4O4S2. The lowest BCUT2D eigenvalue weighted by Gasteiger charge is -2.00. The summed E-state index contributed by atoms with van der Waals surface area (Å²) in [5.74, 6) is 1.000. The highest BCUT2D eigenvalue weighted by Gasteiger charge is 2.11. The van der Waals surface area contributed by atoms with E-state index in [1.807, 2.05) is 0 Å². The fourth-order valence-electron chi connectivity index (χ4n) is 3.19. The number of hydrogen-bond acceptors (Lipinski definition) is 7. The molecule has 3 aromatic heterocycles. The number of fused-ring (bicyclic) bond motifs is 1. The number of benzene rings is 2. The molecule has 0 aliphatic rings. The zero-order chi connectivity index (χ0) is 23.9. The highest BCUT2D eigenvalue weighted by molar-refractivity contribution is 7.89. The molecule has 0 unspecified atom stereocenters. The Bertz CT molecular complexity index is 1750. The maximum Gasteiger partial charge on any atom is 0.291 e. The maximum absolute atomic E-state index is 13.0. The Morgan fingerprint density at radius 1 is 1.00 bits per heavy atom. The molecule has 5 rings (SSSR count). The van der Waals surface area contributed by atoms with Gasteiger partial charge in [0.25, 0.3) is 5.56 Å². The van der Waals surface area contributed by atoms with E-state index < -0.39 is 10.0 Å². The van der Waals surface area contributed by atoms with E-state index in [1.54, 1.807) is 54.6 Å². The predicted molar refractivity (Wildman–Crippen MR) is 127 cm³/mol. The first-order valence-corrected chi connectivity index (χ1v) is 12.2. The molecule has 11 heteroatoms. The Hall–Kier alpha value is -3.93. The second-order valence-electron chi connectivity index (χ2n) is 7.24. The predicted octanol–water partition coefficient (Wildman–Crippen LogP) is 2.92. The second kappa shape index (κ2) is 8.45. The molecule has 0 aliphatic heterocycles. The zero-order valence-electron chi connectivity index (χ0n) is 17.3. The van der Waals surface area contributed by atoms with E-state index >= 15 is 0 Å². The van der Waals surface area contributed by atoms with Crippen molar-refractivity contribution in [2.45, 2.75) is 4.90 Å². The van der Waals surface area contributed by atoms with Crippen molar-refractivity contribution >= 4 is 44.5 Å². The molecule has 0 saturated carbocycles. The Morgan fingerprint density at radius 2 is 1.74 bits per heavy atom. The average molecular weight is 495 g/mol. The number of nitrogens with zero attached hydrogens (tertiary/aromatic N) is 3. The molecule has 0 amide bonds. The van der Waals surface area contributed by atoms with Crippen LogP contribution in [0.5, 0.6) is 0 Å². The molecule has 2 aromatic carbocycles. The van der Waals surface area contributed by atoms with Gasteiger partial charge in [-0.25, -0.2) is 17.9 Å². The van der Waals surface area contributed by atoms with Crippen molar-refractivity contribution in [1.82, 2.24) is 14.6 Å². The van der Waals surface area contributed by atoms with E-state index in [0.29, 0.717) is 32.4 Å². The molecule has 0 radical (unpaired) electrons. The number of aromatic nitrogens is 3. The number of sulfonamides is 1. The first kappa shape index (κ1) is 21.9. The van der Waals surface area contributed by atoms with Gasteiger partial charge >= 0.3 is 0 Å². The topological polar surface area (TPSA) is 121 Å². The Labute approximate surface area is 196 Å². The van der Waals surface area contributed by atoms with E-state index in [-0.39, 0.29) is 16.3 Å². The summed E-state index contributed by atoms with van der Waals surface area (Å²) in [6.45, 7) is 0. The lowest BCUT2D eigenvalue weighted by Crippen LogP contribution is -2.23. The Kier molecular flexibility index (Phi) is 5.44. The van der Waals surface area contributed by atoms with Gasteiger partial charge in [-0.2, -0.15) is 9.50 Å². The Morgan fingerprint density at radius 3 is 2.41 bits per heavy atom. The number of furan rings is 1. The molecule has 0 spiro atoms. The minimum atomic E-state index is -3.77. The summed E-state index contributed by atoms with van der Waals surface area (Å²) < 4.78 is 43.2. The van der Waals surface area contributed by atoms with Crippen molar-refractivity contribution in [2.75, 3.05) is 0 Å². The molecule has 0 bridgehead atoms. The van der Waals surface area contributed by atoms with Gasteiger partial charge in [0.2, 0.25) is 15.0 Å². The molecular weight excluding hydrogens is 479 g/mol. The lowest BCUT2D eigenvalue weighted by molar-refractivity contribution is 0.571. The highest BCUT2D eigenvalue weighted by Crippen LogP contribution is 2.24. The van der Waals surface area contributed by atoms with Crippen LogP contribution in [0, 0.1) is 5.82 Å². The largest absolute Gasteiger partial charge is 0.457 e. The van der Waals surface area contributed by atoms with E-state index in [9.17, 15) is 17.6 Å². The number of thiazole rings is 1. The van der Waals surface area contributed by atoms with Crippen molar-refractivity contribution in [1.29, 1.82) is 0 Å². The van der Waals surface area contributed by atoms with Crippen molar-refractivity contribution < 1.29 is 17.2 Å². The summed E-state index contributed by atoms with van der Waals surface area (Å²) in [5, 5.41) is 9.34. The summed E-state index contributed by atoms with van der Waals surface area (Å²) in [7, 11) is -3.77.